The smallest absolute Gasteiger partial charge is 0.320 e. The summed E-state index contributed by atoms with van der Waals surface area (Å²) in [5, 5.41) is 13.5. The van der Waals surface area contributed by atoms with Crippen LogP contribution >= 0.6 is 0 Å². The van der Waals surface area contributed by atoms with Crippen LogP contribution in [0.1, 0.15) is 26.3 Å². The Bertz CT molecular complexity index is 512. The minimum atomic E-state index is -0.594. The van der Waals surface area contributed by atoms with Gasteiger partial charge in [-0.3, -0.25) is 14.9 Å². The lowest BCUT2D eigenvalue weighted by Crippen LogP contribution is -2.31. The predicted molar refractivity (Wildman–Crippen MR) is 70.6 cm³/mol. The van der Waals surface area contributed by atoms with Crippen LogP contribution in [0, 0.1) is 15.9 Å². The summed E-state index contributed by atoms with van der Waals surface area (Å²) in [7, 11) is 0. The van der Waals surface area contributed by atoms with Crippen LogP contribution in [0.4, 0.5) is 10.1 Å². The molecule has 0 saturated carbocycles. The maximum absolute atomic E-state index is 13.1. The van der Waals surface area contributed by atoms with Gasteiger partial charge in [0, 0.05) is 18.2 Å². The summed E-state index contributed by atoms with van der Waals surface area (Å²) < 4.78 is 18.1. The molecular weight excluding hydrogens is 267 g/mol. The van der Waals surface area contributed by atoms with Gasteiger partial charge in [-0.25, -0.2) is 4.39 Å². The number of hydrogen-bond donors (Lipinski definition) is 1. The number of carbonyl (C=O) groups excluding carboxylic acids is 1. The van der Waals surface area contributed by atoms with Gasteiger partial charge in [-0.1, -0.05) is 0 Å². The van der Waals surface area contributed by atoms with Gasteiger partial charge >= 0.3 is 5.97 Å². The first kappa shape index (κ1) is 16.0. The summed E-state index contributed by atoms with van der Waals surface area (Å²) in [6.07, 6.45) is 0. The van der Waals surface area contributed by atoms with E-state index in [-0.39, 0.29) is 24.3 Å². The van der Waals surface area contributed by atoms with Gasteiger partial charge in [-0.15, -0.1) is 0 Å². The molecule has 0 saturated heterocycles. The molecule has 1 rings (SSSR count). The lowest BCUT2D eigenvalue weighted by atomic mass is 10.1. The molecule has 0 spiro atoms. The van der Waals surface area contributed by atoms with Gasteiger partial charge in [0.1, 0.15) is 11.4 Å². The minimum absolute atomic E-state index is 0.00726. The van der Waals surface area contributed by atoms with E-state index >= 15 is 0 Å². The summed E-state index contributed by atoms with van der Waals surface area (Å²) in [5.74, 6) is -1.04. The number of benzene rings is 1. The van der Waals surface area contributed by atoms with Crippen molar-refractivity contribution >= 4 is 11.7 Å². The number of nitrogens with zero attached hydrogens (tertiary/aromatic N) is 1. The van der Waals surface area contributed by atoms with E-state index in [1.165, 1.54) is 0 Å². The number of nitro groups is 1. The molecule has 0 radical (unpaired) electrons. The minimum Gasteiger partial charge on any atom is -0.459 e. The molecule has 0 bridgehead atoms. The maximum atomic E-state index is 13.1. The van der Waals surface area contributed by atoms with Crippen molar-refractivity contribution in [3.63, 3.8) is 0 Å². The first-order valence-electron chi connectivity index (χ1n) is 6.04. The fourth-order valence-electron chi connectivity index (χ4n) is 1.55. The molecule has 0 atom stereocenters. The zero-order chi connectivity index (χ0) is 15.3. The van der Waals surface area contributed by atoms with Gasteiger partial charge in [-0.2, -0.15) is 0 Å². The molecule has 0 aliphatic rings. The molecule has 1 N–H and O–H groups in total. The molecular formula is C13H17FN2O4. The van der Waals surface area contributed by atoms with Crippen molar-refractivity contribution in [3.8, 4) is 0 Å². The summed E-state index contributed by atoms with van der Waals surface area (Å²) in [5.41, 5.74) is -0.606. The molecule has 1 aromatic rings. The molecule has 6 nitrogen and oxygen atoms in total. The Hall–Kier alpha value is -2.02. The van der Waals surface area contributed by atoms with Crippen molar-refractivity contribution in [1.82, 2.24) is 5.32 Å². The van der Waals surface area contributed by atoms with Gasteiger partial charge in [0.05, 0.1) is 11.5 Å². The number of rotatable bonds is 5. The van der Waals surface area contributed by atoms with Gasteiger partial charge in [0.25, 0.3) is 5.69 Å². The molecule has 1 aromatic carbocycles. The van der Waals surface area contributed by atoms with Crippen LogP contribution in [-0.4, -0.2) is 23.0 Å². The Labute approximate surface area is 116 Å². The lowest BCUT2D eigenvalue weighted by Gasteiger charge is -2.19. The third kappa shape index (κ3) is 5.31. The Morgan fingerprint density at radius 1 is 1.45 bits per heavy atom. The summed E-state index contributed by atoms with van der Waals surface area (Å²) in [4.78, 5) is 21.6. The Kier molecular flexibility index (Phi) is 5.15. The lowest BCUT2D eigenvalue weighted by molar-refractivity contribution is -0.385. The Morgan fingerprint density at radius 3 is 2.65 bits per heavy atom. The van der Waals surface area contributed by atoms with Gasteiger partial charge in [0.2, 0.25) is 0 Å². The molecule has 0 aromatic heterocycles. The second-order valence-electron chi connectivity index (χ2n) is 5.22. The zero-order valence-electron chi connectivity index (χ0n) is 11.6. The molecule has 0 unspecified atom stereocenters. The number of ether oxygens (including phenoxy) is 1. The molecule has 0 aliphatic carbocycles. The van der Waals surface area contributed by atoms with E-state index in [1.54, 1.807) is 20.8 Å². The maximum Gasteiger partial charge on any atom is 0.320 e. The monoisotopic (exact) mass is 284 g/mol. The zero-order valence-corrected chi connectivity index (χ0v) is 11.6. The standard InChI is InChI=1S/C13H17FN2O4/c1-13(2,3)20-12(17)8-15-7-9-6-10(14)4-5-11(9)16(18)19/h4-6,15H,7-8H2,1-3H3. The molecule has 0 heterocycles. The van der Waals surface area contributed by atoms with Crippen molar-refractivity contribution in [2.24, 2.45) is 0 Å². The molecule has 0 fully saturated rings. The number of halogens is 1. The molecule has 7 heteroatoms. The summed E-state index contributed by atoms with van der Waals surface area (Å²) in [6, 6.07) is 3.19. The van der Waals surface area contributed by atoms with Crippen molar-refractivity contribution < 1.29 is 18.8 Å². The third-order valence-corrected chi connectivity index (χ3v) is 2.24. The van der Waals surface area contributed by atoms with E-state index in [2.05, 4.69) is 5.32 Å². The van der Waals surface area contributed by atoms with Crippen LogP contribution < -0.4 is 5.32 Å². The van der Waals surface area contributed by atoms with Crippen molar-refractivity contribution in [2.75, 3.05) is 6.54 Å². The first-order valence-corrected chi connectivity index (χ1v) is 6.04. The third-order valence-electron chi connectivity index (χ3n) is 2.24. The number of nitrogens with one attached hydrogen (secondary N) is 1. The highest BCUT2D eigenvalue weighted by atomic mass is 19.1. The first-order chi connectivity index (χ1) is 9.19. The van der Waals surface area contributed by atoms with Crippen LogP contribution in [0.25, 0.3) is 0 Å². The van der Waals surface area contributed by atoms with Crippen molar-refractivity contribution in [3.05, 3.63) is 39.7 Å². The molecule has 110 valence electrons. The predicted octanol–water partition coefficient (Wildman–Crippen LogP) is 2.17. The number of carbonyl (C=O) groups is 1. The highest BCUT2D eigenvalue weighted by molar-refractivity contribution is 5.72. The molecule has 0 aliphatic heterocycles. The average molecular weight is 284 g/mol. The topological polar surface area (TPSA) is 81.5 Å². The van der Waals surface area contributed by atoms with Gasteiger partial charge < -0.3 is 10.1 Å². The average Bonchev–Trinajstić information content (AvgIpc) is 2.26. The van der Waals surface area contributed by atoms with Crippen LogP contribution in [0.3, 0.4) is 0 Å². The van der Waals surface area contributed by atoms with Gasteiger partial charge in [-0.05, 0) is 32.9 Å². The highest BCUT2D eigenvalue weighted by Gasteiger charge is 2.17. The molecule has 0 amide bonds. The van der Waals surface area contributed by atoms with Gasteiger partial charge in [0.15, 0.2) is 0 Å². The van der Waals surface area contributed by atoms with E-state index in [0.29, 0.717) is 0 Å². The number of esters is 1. The normalized spacial score (nSPS) is 11.2. The quantitative estimate of drug-likeness (QED) is 0.509. The van der Waals surface area contributed by atoms with Crippen LogP contribution in [0.15, 0.2) is 18.2 Å². The number of nitro benzene ring substituents is 1. The fourth-order valence-corrected chi connectivity index (χ4v) is 1.55. The van der Waals surface area contributed by atoms with Crippen LogP contribution in [0.2, 0.25) is 0 Å². The van der Waals surface area contributed by atoms with E-state index in [0.717, 1.165) is 18.2 Å². The van der Waals surface area contributed by atoms with E-state index in [1.807, 2.05) is 0 Å². The fraction of sp³-hybridized carbons (Fsp3) is 0.462. The van der Waals surface area contributed by atoms with E-state index in [9.17, 15) is 19.3 Å². The second-order valence-corrected chi connectivity index (χ2v) is 5.22. The van der Waals surface area contributed by atoms with Crippen LogP contribution in [-0.2, 0) is 16.1 Å². The van der Waals surface area contributed by atoms with E-state index in [4.69, 9.17) is 4.74 Å². The molecule has 20 heavy (non-hydrogen) atoms. The Morgan fingerprint density at radius 2 is 2.10 bits per heavy atom. The van der Waals surface area contributed by atoms with Crippen LogP contribution in [0.5, 0.6) is 0 Å². The van der Waals surface area contributed by atoms with E-state index < -0.39 is 22.3 Å². The highest BCUT2D eigenvalue weighted by Crippen LogP contribution is 2.19. The largest absolute Gasteiger partial charge is 0.459 e. The SMILES string of the molecule is CC(C)(C)OC(=O)CNCc1cc(F)ccc1[N+](=O)[O-]. The summed E-state index contributed by atoms with van der Waals surface area (Å²) >= 11 is 0. The summed E-state index contributed by atoms with van der Waals surface area (Å²) in [6.45, 7) is 5.12. The van der Waals surface area contributed by atoms with Crippen molar-refractivity contribution in [1.29, 1.82) is 0 Å². The second kappa shape index (κ2) is 6.42. The Balaban J connectivity index is 2.60. The number of hydrogen-bond acceptors (Lipinski definition) is 5. The van der Waals surface area contributed by atoms with Crippen molar-refractivity contribution in [2.45, 2.75) is 32.9 Å².